The van der Waals surface area contributed by atoms with E-state index >= 15 is 0 Å². The number of hydrogen-bond acceptors (Lipinski definition) is 2. The molecule has 0 atom stereocenters. The number of anilines is 1. The first-order valence-electron chi connectivity index (χ1n) is 5.25. The molecule has 3 nitrogen and oxygen atoms in total. The summed E-state index contributed by atoms with van der Waals surface area (Å²) in [5.74, 6) is -0.704. The number of halogens is 2. The Labute approximate surface area is 109 Å². The van der Waals surface area contributed by atoms with Crippen molar-refractivity contribution in [2.24, 2.45) is 0 Å². The predicted molar refractivity (Wildman–Crippen MR) is 68.3 cm³/mol. The molecule has 0 saturated heterocycles. The third-order valence-electron chi connectivity index (χ3n) is 2.36. The lowest BCUT2D eigenvalue weighted by molar-refractivity contribution is 0.102. The third-order valence-corrected chi connectivity index (χ3v) is 2.57. The van der Waals surface area contributed by atoms with Crippen LogP contribution < -0.4 is 5.32 Å². The van der Waals surface area contributed by atoms with Crippen molar-refractivity contribution in [3.05, 3.63) is 58.6 Å². The first-order chi connectivity index (χ1) is 8.56. The van der Waals surface area contributed by atoms with E-state index in [-0.39, 0.29) is 11.7 Å². The topological polar surface area (TPSA) is 42.0 Å². The molecule has 0 saturated carbocycles. The van der Waals surface area contributed by atoms with Gasteiger partial charge in [-0.2, -0.15) is 0 Å². The minimum absolute atomic E-state index is 0.295. The van der Waals surface area contributed by atoms with E-state index in [1.165, 1.54) is 30.5 Å². The van der Waals surface area contributed by atoms with Crippen LogP contribution >= 0.6 is 11.6 Å². The second-order valence-electron chi connectivity index (χ2n) is 3.78. The monoisotopic (exact) mass is 264 g/mol. The van der Waals surface area contributed by atoms with Crippen molar-refractivity contribution in [3.63, 3.8) is 0 Å². The van der Waals surface area contributed by atoms with E-state index in [1.807, 2.05) is 0 Å². The third kappa shape index (κ3) is 2.84. The van der Waals surface area contributed by atoms with Gasteiger partial charge in [0.15, 0.2) is 0 Å². The largest absolute Gasteiger partial charge is 0.321 e. The van der Waals surface area contributed by atoms with Crippen LogP contribution in [-0.2, 0) is 0 Å². The van der Waals surface area contributed by atoms with E-state index in [9.17, 15) is 9.18 Å². The molecule has 2 rings (SSSR count). The number of aryl methyl sites for hydroxylation is 1. The molecule has 0 spiro atoms. The highest BCUT2D eigenvalue weighted by Gasteiger charge is 2.11. The first-order valence-corrected chi connectivity index (χ1v) is 5.63. The molecule has 0 unspecified atom stereocenters. The van der Waals surface area contributed by atoms with Gasteiger partial charge >= 0.3 is 0 Å². The summed E-state index contributed by atoms with van der Waals surface area (Å²) in [6, 6.07) is 7.18. The Kier molecular flexibility index (Phi) is 3.58. The number of nitrogens with one attached hydrogen (secondary N) is 1. The van der Waals surface area contributed by atoms with Crippen LogP contribution in [0.15, 0.2) is 36.5 Å². The average molecular weight is 265 g/mol. The van der Waals surface area contributed by atoms with Gasteiger partial charge in [-0.1, -0.05) is 11.6 Å². The second-order valence-corrected chi connectivity index (χ2v) is 4.22. The molecular formula is C13H10ClFN2O. The standard InChI is InChI=1S/C13H10ClFN2O/c1-8-6-9(14)7-16-12(8)13(18)17-11-4-2-10(15)3-5-11/h2-7H,1H3,(H,17,18). The van der Waals surface area contributed by atoms with Crippen LogP contribution in [0.2, 0.25) is 5.02 Å². The van der Waals surface area contributed by atoms with Gasteiger partial charge in [0, 0.05) is 11.9 Å². The molecule has 0 aliphatic carbocycles. The lowest BCUT2D eigenvalue weighted by atomic mass is 10.2. The number of aromatic nitrogens is 1. The van der Waals surface area contributed by atoms with Crippen LogP contribution in [-0.4, -0.2) is 10.9 Å². The molecule has 1 aromatic carbocycles. The van der Waals surface area contributed by atoms with Crippen molar-refractivity contribution >= 4 is 23.2 Å². The van der Waals surface area contributed by atoms with Crippen LogP contribution in [0.5, 0.6) is 0 Å². The lowest BCUT2D eigenvalue weighted by Gasteiger charge is -2.06. The Balaban J connectivity index is 2.19. The van der Waals surface area contributed by atoms with E-state index in [0.29, 0.717) is 22.0 Å². The Morgan fingerprint density at radius 3 is 2.61 bits per heavy atom. The maximum Gasteiger partial charge on any atom is 0.274 e. The van der Waals surface area contributed by atoms with Gasteiger partial charge in [-0.15, -0.1) is 0 Å². The molecule has 18 heavy (non-hydrogen) atoms. The zero-order valence-corrected chi connectivity index (χ0v) is 10.3. The molecule has 1 amide bonds. The number of amides is 1. The maximum atomic E-state index is 12.7. The van der Waals surface area contributed by atoms with Gasteiger partial charge in [0.05, 0.1) is 5.02 Å². The highest BCUT2D eigenvalue weighted by molar-refractivity contribution is 6.30. The molecule has 1 heterocycles. The minimum atomic E-state index is -0.353. The summed E-state index contributed by atoms with van der Waals surface area (Å²) in [7, 11) is 0. The van der Waals surface area contributed by atoms with E-state index in [4.69, 9.17) is 11.6 Å². The van der Waals surface area contributed by atoms with E-state index in [1.54, 1.807) is 13.0 Å². The zero-order valence-electron chi connectivity index (χ0n) is 9.58. The fourth-order valence-electron chi connectivity index (χ4n) is 1.50. The molecular weight excluding hydrogens is 255 g/mol. The summed E-state index contributed by atoms with van der Waals surface area (Å²) in [5.41, 5.74) is 1.49. The number of carbonyl (C=O) groups is 1. The summed E-state index contributed by atoms with van der Waals surface area (Å²) < 4.78 is 12.7. The van der Waals surface area contributed by atoms with Crippen molar-refractivity contribution in [2.45, 2.75) is 6.92 Å². The smallest absolute Gasteiger partial charge is 0.274 e. The van der Waals surface area contributed by atoms with E-state index in [0.717, 1.165) is 0 Å². The van der Waals surface area contributed by atoms with E-state index in [2.05, 4.69) is 10.3 Å². The normalized spacial score (nSPS) is 10.2. The summed E-state index contributed by atoms with van der Waals surface area (Å²) in [6.45, 7) is 1.75. The molecule has 1 N–H and O–H groups in total. The Morgan fingerprint density at radius 2 is 2.00 bits per heavy atom. The van der Waals surface area contributed by atoms with E-state index < -0.39 is 0 Å². The van der Waals surface area contributed by atoms with Gasteiger partial charge < -0.3 is 5.32 Å². The summed E-state index contributed by atoms with van der Waals surface area (Å²) in [6.07, 6.45) is 1.41. The maximum absolute atomic E-state index is 12.7. The van der Waals surface area contributed by atoms with Crippen molar-refractivity contribution in [1.82, 2.24) is 4.98 Å². The molecule has 0 aliphatic rings. The second kappa shape index (κ2) is 5.14. The predicted octanol–water partition coefficient (Wildman–Crippen LogP) is 3.43. The van der Waals surface area contributed by atoms with Gasteiger partial charge in [-0.3, -0.25) is 4.79 Å². The van der Waals surface area contributed by atoms with Gasteiger partial charge in [0.1, 0.15) is 11.5 Å². The van der Waals surface area contributed by atoms with Crippen LogP contribution in [0.3, 0.4) is 0 Å². The average Bonchev–Trinajstić information content (AvgIpc) is 2.32. The zero-order chi connectivity index (χ0) is 13.1. The Hall–Kier alpha value is -1.94. The molecule has 0 aliphatic heterocycles. The molecule has 0 bridgehead atoms. The van der Waals surface area contributed by atoms with Crippen LogP contribution in [0, 0.1) is 12.7 Å². The van der Waals surface area contributed by atoms with Crippen molar-refractivity contribution in [3.8, 4) is 0 Å². The summed E-state index contributed by atoms with van der Waals surface area (Å²) in [4.78, 5) is 15.9. The fourth-order valence-corrected chi connectivity index (χ4v) is 1.71. The van der Waals surface area contributed by atoms with Crippen LogP contribution in [0.25, 0.3) is 0 Å². The summed E-state index contributed by atoms with van der Waals surface area (Å²) in [5, 5.41) is 3.11. The molecule has 5 heteroatoms. The summed E-state index contributed by atoms with van der Waals surface area (Å²) >= 11 is 5.76. The van der Waals surface area contributed by atoms with Crippen molar-refractivity contribution in [1.29, 1.82) is 0 Å². The first kappa shape index (κ1) is 12.5. The quantitative estimate of drug-likeness (QED) is 0.903. The molecule has 2 aromatic rings. The number of pyridine rings is 1. The van der Waals surface area contributed by atoms with Crippen molar-refractivity contribution < 1.29 is 9.18 Å². The molecule has 1 aromatic heterocycles. The highest BCUT2D eigenvalue weighted by Crippen LogP contribution is 2.14. The van der Waals surface area contributed by atoms with Gasteiger partial charge in [0.25, 0.3) is 5.91 Å². The number of rotatable bonds is 2. The van der Waals surface area contributed by atoms with Crippen LogP contribution in [0.1, 0.15) is 16.1 Å². The number of benzene rings is 1. The number of carbonyl (C=O) groups excluding carboxylic acids is 1. The highest BCUT2D eigenvalue weighted by atomic mass is 35.5. The number of hydrogen-bond donors (Lipinski definition) is 1. The van der Waals surface area contributed by atoms with Crippen molar-refractivity contribution in [2.75, 3.05) is 5.32 Å². The van der Waals surface area contributed by atoms with Gasteiger partial charge in [0.2, 0.25) is 0 Å². The Bertz CT molecular complexity index is 584. The Morgan fingerprint density at radius 1 is 1.33 bits per heavy atom. The van der Waals surface area contributed by atoms with Crippen LogP contribution in [0.4, 0.5) is 10.1 Å². The number of nitrogens with zero attached hydrogens (tertiary/aromatic N) is 1. The fraction of sp³-hybridized carbons (Fsp3) is 0.0769. The lowest BCUT2D eigenvalue weighted by Crippen LogP contribution is -2.15. The SMILES string of the molecule is Cc1cc(Cl)cnc1C(=O)Nc1ccc(F)cc1. The molecule has 92 valence electrons. The molecule has 0 fully saturated rings. The van der Waals surface area contributed by atoms with Gasteiger partial charge in [-0.05, 0) is 42.8 Å². The molecule has 0 radical (unpaired) electrons. The minimum Gasteiger partial charge on any atom is -0.321 e. The van der Waals surface area contributed by atoms with Gasteiger partial charge in [-0.25, -0.2) is 9.37 Å².